The molecule has 0 unspecified atom stereocenters. The van der Waals surface area contributed by atoms with E-state index in [1.165, 1.54) is 11.3 Å². The predicted molar refractivity (Wildman–Crippen MR) is 67.4 cm³/mol. The molecule has 1 aromatic carbocycles. The monoisotopic (exact) mass is 320 g/mol. The Morgan fingerprint density at radius 1 is 1.50 bits per heavy atom. The van der Waals surface area contributed by atoms with Gasteiger partial charge in [0.15, 0.2) is 5.06 Å². The fourth-order valence-electron chi connectivity index (χ4n) is 1.32. The lowest BCUT2D eigenvalue weighted by atomic mass is 10.2. The van der Waals surface area contributed by atoms with Gasteiger partial charge in [0.1, 0.15) is 5.75 Å². The van der Waals surface area contributed by atoms with E-state index in [9.17, 15) is 5.11 Å². The highest BCUT2D eigenvalue weighted by Crippen LogP contribution is 2.41. The van der Waals surface area contributed by atoms with Crippen molar-refractivity contribution < 1.29 is 9.84 Å². The van der Waals surface area contributed by atoms with Crippen LogP contribution in [0.15, 0.2) is 18.2 Å². The van der Waals surface area contributed by atoms with E-state index in [4.69, 9.17) is 4.74 Å². The molecular weight excluding hydrogens is 311 g/mol. The maximum Gasteiger partial charge on any atom is 0.186 e. The zero-order chi connectivity index (χ0) is 10.1. The van der Waals surface area contributed by atoms with E-state index in [0.717, 1.165) is 19.4 Å². The van der Waals surface area contributed by atoms with Crippen LogP contribution in [0, 0.1) is 3.57 Å². The summed E-state index contributed by atoms with van der Waals surface area (Å²) >= 11 is 3.52. The highest BCUT2D eigenvalue weighted by Gasteiger charge is 2.11. The molecule has 4 heteroatoms. The van der Waals surface area contributed by atoms with Crippen LogP contribution in [-0.2, 0) is 0 Å². The molecule has 1 heterocycles. The molecule has 14 heavy (non-hydrogen) atoms. The molecular formula is C10H9IO2S. The van der Waals surface area contributed by atoms with E-state index in [0.29, 0.717) is 11.7 Å². The molecule has 2 rings (SSSR count). The van der Waals surface area contributed by atoms with Gasteiger partial charge < -0.3 is 9.84 Å². The Bertz CT molecular complexity index is 464. The van der Waals surface area contributed by atoms with E-state index in [-0.39, 0.29) is 0 Å². The third kappa shape index (κ3) is 1.56. The van der Waals surface area contributed by atoms with Crippen molar-refractivity contribution >= 4 is 44.0 Å². The summed E-state index contributed by atoms with van der Waals surface area (Å²) in [5.41, 5.74) is 0. The molecule has 0 bridgehead atoms. The van der Waals surface area contributed by atoms with Crippen LogP contribution in [0.3, 0.4) is 0 Å². The molecule has 0 aliphatic rings. The predicted octanol–water partition coefficient (Wildman–Crippen LogP) is 3.61. The largest absolute Gasteiger partial charge is 0.499 e. The van der Waals surface area contributed by atoms with Crippen molar-refractivity contribution in [2.75, 3.05) is 6.61 Å². The lowest BCUT2D eigenvalue weighted by molar-refractivity contribution is 0.345. The van der Waals surface area contributed by atoms with E-state index in [2.05, 4.69) is 22.6 Å². The van der Waals surface area contributed by atoms with E-state index >= 15 is 0 Å². The number of fused-ring (bicyclic) bond motifs is 1. The molecule has 74 valence electrons. The van der Waals surface area contributed by atoms with Crippen LogP contribution in [0.5, 0.6) is 10.8 Å². The van der Waals surface area contributed by atoms with Crippen LogP contribution in [0.4, 0.5) is 0 Å². The minimum Gasteiger partial charge on any atom is -0.499 e. The first kappa shape index (κ1) is 10.0. The summed E-state index contributed by atoms with van der Waals surface area (Å²) in [6.07, 6.45) is 0. The van der Waals surface area contributed by atoms with Gasteiger partial charge in [-0.25, -0.2) is 0 Å². The van der Waals surface area contributed by atoms with Crippen molar-refractivity contribution in [1.82, 2.24) is 0 Å². The molecule has 0 saturated heterocycles. The smallest absolute Gasteiger partial charge is 0.186 e. The van der Waals surface area contributed by atoms with Gasteiger partial charge in [-0.2, -0.15) is 0 Å². The van der Waals surface area contributed by atoms with Gasteiger partial charge in [-0.05, 0) is 35.6 Å². The van der Waals surface area contributed by atoms with Crippen molar-refractivity contribution in [1.29, 1.82) is 0 Å². The first-order valence-corrected chi connectivity index (χ1v) is 6.16. The second kappa shape index (κ2) is 3.94. The van der Waals surface area contributed by atoms with Crippen LogP contribution in [0.25, 0.3) is 10.1 Å². The van der Waals surface area contributed by atoms with Gasteiger partial charge in [0.2, 0.25) is 0 Å². The molecule has 0 amide bonds. The van der Waals surface area contributed by atoms with Crippen LogP contribution in [-0.4, -0.2) is 11.7 Å². The Kier molecular flexibility index (Phi) is 2.83. The van der Waals surface area contributed by atoms with Gasteiger partial charge in [0.25, 0.3) is 0 Å². The second-order valence-corrected chi connectivity index (χ2v) is 4.86. The minimum atomic E-state index is 0.368. The Morgan fingerprint density at radius 2 is 2.29 bits per heavy atom. The molecule has 0 saturated carbocycles. The standard InChI is InChI=1S/C10H9IO2S/c1-2-13-7-5-3-4-6-8(11)10(12)14-9(6)7/h3-5,12H,2H2,1H3. The Balaban J connectivity index is 2.68. The molecule has 0 fully saturated rings. The molecule has 0 aliphatic carbocycles. The van der Waals surface area contributed by atoms with Gasteiger partial charge in [0, 0.05) is 5.39 Å². The Morgan fingerprint density at radius 3 is 3.00 bits per heavy atom. The van der Waals surface area contributed by atoms with Crippen molar-refractivity contribution in [2.45, 2.75) is 6.92 Å². The minimum absolute atomic E-state index is 0.368. The lowest BCUT2D eigenvalue weighted by Crippen LogP contribution is -1.90. The molecule has 0 spiro atoms. The third-order valence-electron chi connectivity index (χ3n) is 1.90. The fourth-order valence-corrected chi connectivity index (χ4v) is 3.18. The quantitative estimate of drug-likeness (QED) is 0.857. The summed E-state index contributed by atoms with van der Waals surface area (Å²) in [5, 5.41) is 11.0. The zero-order valence-corrected chi connectivity index (χ0v) is 10.6. The van der Waals surface area contributed by atoms with Crippen molar-refractivity contribution in [3.8, 4) is 10.8 Å². The molecule has 2 nitrogen and oxygen atoms in total. The Labute approximate surface area is 99.7 Å². The molecule has 0 atom stereocenters. The van der Waals surface area contributed by atoms with Gasteiger partial charge in [-0.3, -0.25) is 0 Å². The van der Waals surface area contributed by atoms with Crippen LogP contribution >= 0.6 is 33.9 Å². The third-order valence-corrected chi connectivity index (χ3v) is 4.38. The van der Waals surface area contributed by atoms with Crippen LogP contribution in [0.2, 0.25) is 0 Å². The maximum absolute atomic E-state index is 9.59. The summed E-state index contributed by atoms with van der Waals surface area (Å²) in [6, 6.07) is 5.87. The number of hydrogen-bond donors (Lipinski definition) is 1. The van der Waals surface area contributed by atoms with E-state index in [1.807, 2.05) is 25.1 Å². The highest BCUT2D eigenvalue weighted by molar-refractivity contribution is 14.1. The lowest BCUT2D eigenvalue weighted by Gasteiger charge is -2.02. The zero-order valence-electron chi connectivity index (χ0n) is 7.58. The van der Waals surface area contributed by atoms with Gasteiger partial charge >= 0.3 is 0 Å². The average Bonchev–Trinajstić information content (AvgIpc) is 2.46. The van der Waals surface area contributed by atoms with Crippen molar-refractivity contribution in [3.05, 3.63) is 21.8 Å². The van der Waals surface area contributed by atoms with Gasteiger partial charge in [-0.15, -0.1) is 0 Å². The van der Waals surface area contributed by atoms with Gasteiger partial charge in [-0.1, -0.05) is 23.5 Å². The van der Waals surface area contributed by atoms with Crippen molar-refractivity contribution in [2.24, 2.45) is 0 Å². The summed E-state index contributed by atoms with van der Waals surface area (Å²) in [5.74, 6) is 0.855. The highest BCUT2D eigenvalue weighted by atomic mass is 127. The average molecular weight is 320 g/mol. The summed E-state index contributed by atoms with van der Waals surface area (Å²) in [6.45, 7) is 2.60. The van der Waals surface area contributed by atoms with Gasteiger partial charge in [0.05, 0.1) is 14.9 Å². The van der Waals surface area contributed by atoms with E-state index < -0.39 is 0 Å². The first-order valence-electron chi connectivity index (χ1n) is 4.26. The molecule has 0 radical (unpaired) electrons. The topological polar surface area (TPSA) is 29.5 Å². The Hall–Kier alpha value is -0.490. The molecule has 1 N–H and O–H groups in total. The molecule has 0 aliphatic heterocycles. The SMILES string of the molecule is CCOc1cccc2c(I)c(O)sc12. The first-order chi connectivity index (χ1) is 6.74. The summed E-state index contributed by atoms with van der Waals surface area (Å²) in [4.78, 5) is 0. The number of ether oxygens (including phenoxy) is 1. The summed E-state index contributed by atoms with van der Waals surface area (Å²) in [7, 11) is 0. The molecule has 2 aromatic rings. The van der Waals surface area contributed by atoms with Crippen molar-refractivity contribution in [3.63, 3.8) is 0 Å². The number of hydrogen-bond acceptors (Lipinski definition) is 3. The number of rotatable bonds is 2. The number of aromatic hydroxyl groups is 1. The number of thiophene rings is 1. The van der Waals surface area contributed by atoms with E-state index in [1.54, 1.807) is 0 Å². The van der Waals surface area contributed by atoms with Crippen LogP contribution < -0.4 is 4.74 Å². The maximum atomic E-state index is 9.59. The number of halogens is 1. The summed E-state index contributed by atoms with van der Waals surface area (Å²) < 4.78 is 7.41. The molecule has 1 aromatic heterocycles. The second-order valence-electron chi connectivity index (χ2n) is 2.79. The fraction of sp³-hybridized carbons (Fsp3) is 0.200. The number of benzene rings is 1. The van der Waals surface area contributed by atoms with Crippen LogP contribution in [0.1, 0.15) is 6.92 Å². The normalized spacial score (nSPS) is 10.7.